The van der Waals surface area contributed by atoms with E-state index in [1.165, 1.54) is 27.7 Å². The summed E-state index contributed by atoms with van der Waals surface area (Å²) in [6.07, 6.45) is 4.50. The summed E-state index contributed by atoms with van der Waals surface area (Å²) in [6, 6.07) is 2.34. The maximum atomic E-state index is 12.3. The van der Waals surface area contributed by atoms with E-state index in [0.717, 1.165) is 23.6 Å². The first-order valence-electron chi connectivity index (χ1n) is 5.94. The van der Waals surface area contributed by atoms with Crippen LogP contribution < -0.4 is 5.56 Å². The van der Waals surface area contributed by atoms with Gasteiger partial charge in [0, 0.05) is 7.05 Å². The molecule has 1 saturated carbocycles. The minimum absolute atomic E-state index is 0.155. The molecule has 0 aliphatic heterocycles. The zero-order chi connectivity index (χ0) is 13.6. The van der Waals surface area contributed by atoms with Crippen molar-refractivity contribution in [3.8, 4) is 6.07 Å². The third kappa shape index (κ3) is 1.70. The molecule has 5 nitrogen and oxygen atoms in total. The maximum absolute atomic E-state index is 12.3. The van der Waals surface area contributed by atoms with E-state index in [9.17, 15) is 10.1 Å². The van der Waals surface area contributed by atoms with E-state index >= 15 is 0 Å². The lowest BCUT2D eigenvalue weighted by Crippen LogP contribution is -2.39. The number of hydrogen-bond donors (Lipinski definition) is 0. The summed E-state index contributed by atoms with van der Waals surface area (Å²) < 4.78 is 2.32. The Hall–Kier alpha value is -1.39. The molecule has 2 aromatic heterocycles. The molecule has 2 aromatic rings. The molecule has 0 radical (unpaired) electrons. The van der Waals surface area contributed by atoms with Gasteiger partial charge < -0.3 is 0 Å². The molecular weight excluding hydrogens is 280 g/mol. The molecule has 1 aliphatic rings. The second-order valence-electron chi connectivity index (χ2n) is 4.68. The van der Waals surface area contributed by atoms with Crippen molar-refractivity contribution in [2.45, 2.75) is 29.0 Å². The molecule has 7 heteroatoms. The van der Waals surface area contributed by atoms with Crippen LogP contribution in [0.2, 0.25) is 0 Å². The van der Waals surface area contributed by atoms with Crippen molar-refractivity contribution < 1.29 is 0 Å². The van der Waals surface area contributed by atoms with Crippen molar-refractivity contribution in [3.63, 3.8) is 0 Å². The van der Waals surface area contributed by atoms with Crippen LogP contribution in [0, 0.1) is 11.3 Å². The number of nitriles is 1. The first-order chi connectivity index (χ1) is 9.11. The van der Waals surface area contributed by atoms with Gasteiger partial charge in [-0.25, -0.2) is 9.97 Å². The Morgan fingerprint density at radius 3 is 2.74 bits per heavy atom. The van der Waals surface area contributed by atoms with Crippen LogP contribution in [-0.4, -0.2) is 20.8 Å². The van der Waals surface area contributed by atoms with Crippen LogP contribution in [0.4, 0.5) is 0 Å². The molecule has 0 atom stereocenters. The van der Waals surface area contributed by atoms with Gasteiger partial charge in [-0.05, 0) is 25.5 Å². The second-order valence-corrected chi connectivity index (χ2v) is 6.72. The molecule has 3 rings (SSSR count). The van der Waals surface area contributed by atoms with Crippen LogP contribution in [0.5, 0.6) is 0 Å². The fraction of sp³-hybridized carbons (Fsp3) is 0.500. The van der Waals surface area contributed by atoms with Gasteiger partial charge in [-0.3, -0.25) is 9.36 Å². The van der Waals surface area contributed by atoms with Crippen LogP contribution >= 0.6 is 23.1 Å². The number of fused-ring (bicyclic) bond motifs is 1. The Bertz CT molecular complexity index is 751. The molecule has 0 amide bonds. The molecule has 0 N–H and O–H groups in total. The zero-order valence-electron chi connectivity index (χ0n) is 10.6. The average Bonchev–Trinajstić information content (AvgIpc) is 2.78. The van der Waals surface area contributed by atoms with Gasteiger partial charge in [0.1, 0.15) is 11.2 Å². The van der Waals surface area contributed by atoms with Crippen molar-refractivity contribution in [3.05, 3.63) is 16.2 Å². The minimum atomic E-state index is -0.578. The van der Waals surface area contributed by atoms with Gasteiger partial charge in [0.05, 0.1) is 6.07 Å². The third-order valence-corrected chi connectivity index (χ3v) is 5.58. The Labute approximate surface area is 118 Å². The number of aromatic nitrogens is 3. The predicted octanol–water partition coefficient (Wildman–Crippen LogP) is 2.06. The normalized spacial score (nSPS) is 17.1. The van der Waals surface area contributed by atoms with E-state index in [1.807, 2.05) is 6.26 Å². The Morgan fingerprint density at radius 2 is 2.21 bits per heavy atom. The summed E-state index contributed by atoms with van der Waals surface area (Å²) in [5.74, 6) is 0.593. The van der Waals surface area contributed by atoms with Crippen LogP contribution in [0.15, 0.2) is 9.13 Å². The van der Waals surface area contributed by atoms with Gasteiger partial charge in [-0.15, -0.1) is 0 Å². The molecule has 98 valence electrons. The number of nitrogens with zero attached hydrogens (tertiary/aromatic N) is 4. The number of thioether (sulfide) groups is 1. The number of thiazole rings is 1. The van der Waals surface area contributed by atoms with Crippen molar-refractivity contribution >= 4 is 33.4 Å². The molecule has 0 saturated heterocycles. The van der Waals surface area contributed by atoms with E-state index in [-0.39, 0.29) is 5.56 Å². The van der Waals surface area contributed by atoms with Gasteiger partial charge in [-0.2, -0.15) is 5.26 Å². The SMILES string of the molecule is CSc1nc2c(=O)n(C)c(C3(C#N)CCC3)nc2s1. The average molecular weight is 292 g/mol. The van der Waals surface area contributed by atoms with Gasteiger partial charge in [0.15, 0.2) is 14.7 Å². The quantitative estimate of drug-likeness (QED) is 0.792. The van der Waals surface area contributed by atoms with Gasteiger partial charge in [0.25, 0.3) is 5.56 Å². The second kappa shape index (κ2) is 4.32. The van der Waals surface area contributed by atoms with Crippen molar-refractivity contribution in [1.82, 2.24) is 14.5 Å². The first kappa shape index (κ1) is 12.6. The Balaban J connectivity index is 2.30. The van der Waals surface area contributed by atoms with Crippen molar-refractivity contribution in [1.29, 1.82) is 5.26 Å². The van der Waals surface area contributed by atoms with Gasteiger partial charge >= 0.3 is 0 Å². The van der Waals surface area contributed by atoms with Crippen LogP contribution in [0.25, 0.3) is 10.3 Å². The maximum Gasteiger partial charge on any atom is 0.280 e. The number of hydrogen-bond acceptors (Lipinski definition) is 6. The summed E-state index contributed by atoms with van der Waals surface area (Å²) in [5, 5.41) is 9.41. The largest absolute Gasteiger partial charge is 0.296 e. The van der Waals surface area contributed by atoms with E-state index < -0.39 is 5.41 Å². The fourth-order valence-corrected chi connectivity index (χ4v) is 3.78. The molecule has 1 fully saturated rings. The van der Waals surface area contributed by atoms with Crippen LogP contribution in [0.1, 0.15) is 25.1 Å². The highest BCUT2D eigenvalue weighted by atomic mass is 32.2. The molecule has 2 heterocycles. The summed E-state index contributed by atoms with van der Waals surface area (Å²) in [7, 11) is 1.68. The monoisotopic (exact) mass is 292 g/mol. The third-order valence-electron chi connectivity index (χ3n) is 3.65. The molecule has 19 heavy (non-hydrogen) atoms. The highest BCUT2D eigenvalue weighted by Gasteiger charge is 2.43. The van der Waals surface area contributed by atoms with Gasteiger partial charge in [-0.1, -0.05) is 23.1 Å². The van der Waals surface area contributed by atoms with Crippen molar-refractivity contribution in [2.75, 3.05) is 6.26 Å². The Morgan fingerprint density at radius 1 is 1.47 bits per heavy atom. The molecule has 0 bridgehead atoms. The fourth-order valence-electron chi connectivity index (χ4n) is 2.37. The number of rotatable bonds is 2. The highest BCUT2D eigenvalue weighted by Crippen LogP contribution is 2.42. The lowest BCUT2D eigenvalue weighted by Gasteiger charge is -2.35. The summed E-state index contributed by atoms with van der Waals surface area (Å²) in [5.41, 5.74) is -0.322. The summed E-state index contributed by atoms with van der Waals surface area (Å²) in [4.78, 5) is 21.8. The zero-order valence-corrected chi connectivity index (χ0v) is 12.3. The van der Waals surface area contributed by atoms with E-state index in [1.54, 1.807) is 7.05 Å². The van der Waals surface area contributed by atoms with E-state index in [2.05, 4.69) is 16.0 Å². The topological polar surface area (TPSA) is 71.6 Å². The van der Waals surface area contributed by atoms with Crippen LogP contribution in [0.3, 0.4) is 0 Å². The summed E-state index contributed by atoms with van der Waals surface area (Å²) >= 11 is 2.92. The molecular formula is C12H12N4OS2. The predicted molar refractivity (Wildman–Crippen MR) is 75.6 cm³/mol. The summed E-state index contributed by atoms with van der Waals surface area (Å²) in [6.45, 7) is 0. The van der Waals surface area contributed by atoms with Gasteiger partial charge in [0.2, 0.25) is 0 Å². The van der Waals surface area contributed by atoms with E-state index in [0.29, 0.717) is 16.2 Å². The van der Waals surface area contributed by atoms with Crippen LogP contribution in [-0.2, 0) is 12.5 Å². The molecule has 0 aromatic carbocycles. The molecule has 0 spiro atoms. The lowest BCUT2D eigenvalue weighted by molar-refractivity contribution is 0.297. The highest BCUT2D eigenvalue weighted by molar-refractivity contribution is 8.00. The minimum Gasteiger partial charge on any atom is -0.296 e. The standard InChI is InChI=1S/C12H12N4OS2/c1-16-9(17)7-8(19-11(14-7)18-2)15-10(16)12(6-13)4-3-5-12/h3-5H2,1-2H3. The molecule has 0 unspecified atom stereocenters. The smallest absolute Gasteiger partial charge is 0.280 e. The lowest BCUT2D eigenvalue weighted by atomic mass is 9.69. The first-order valence-corrected chi connectivity index (χ1v) is 7.99. The molecule has 1 aliphatic carbocycles. The van der Waals surface area contributed by atoms with Crippen molar-refractivity contribution in [2.24, 2.45) is 7.05 Å². The Kier molecular flexibility index (Phi) is 2.87. The van der Waals surface area contributed by atoms with E-state index in [4.69, 9.17) is 0 Å².